The van der Waals surface area contributed by atoms with Crippen LogP contribution in [0.1, 0.15) is 31.2 Å². The van der Waals surface area contributed by atoms with Gasteiger partial charge in [0.2, 0.25) is 11.7 Å². The van der Waals surface area contributed by atoms with Gasteiger partial charge in [-0.25, -0.2) is 4.39 Å². The Morgan fingerprint density at radius 3 is 2.55 bits per heavy atom. The predicted octanol–water partition coefficient (Wildman–Crippen LogP) is 4.26. The third-order valence-corrected chi connectivity index (χ3v) is 4.45. The van der Waals surface area contributed by atoms with E-state index in [0.29, 0.717) is 24.0 Å². The van der Waals surface area contributed by atoms with Crippen LogP contribution in [0.3, 0.4) is 0 Å². The number of nitrogens with zero attached hydrogens (tertiary/aromatic N) is 3. The van der Waals surface area contributed by atoms with Gasteiger partial charge in [0.05, 0.1) is 0 Å². The maximum Gasteiger partial charge on any atom is 0.260 e. The normalized spacial score (nSPS) is 10.7. The summed E-state index contributed by atoms with van der Waals surface area (Å²) in [5, 5.41) is 4.00. The SMILES string of the molecule is CCCCc1nc(-c2ccc(OCC(=O)N(C)Cc3ccc(F)cc3)cc2)no1. The molecular formula is C22H24FN3O3. The van der Waals surface area contributed by atoms with Crippen LogP contribution in [0.25, 0.3) is 11.4 Å². The lowest BCUT2D eigenvalue weighted by atomic mass is 10.2. The molecule has 0 fully saturated rings. The number of halogens is 1. The Labute approximate surface area is 169 Å². The quantitative estimate of drug-likeness (QED) is 0.540. The van der Waals surface area contributed by atoms with E-state index in [1.807, 2.05) is 12.1 Å². The van der Waals surface area contributed by atoms with E-state index in [4.69, 9.17) is 9.26 Å². The molecule has 0 aliphatic heterocycles. The molecule has 0 spiro atoms. The van der Waals surface area contributed by atoms with Crippen LogP contribution in [0.15, 0.2) is 53.1 Å². The van der Waals surface area contributed by atoms with Crippen LogP contribution < -0.4 is 4.74 Å². The van der Waals surface area contributed by atoms with Crippen LogP contribution in [0, 0.1) is 5.82 Å². The molecule has 1 amide bonds. The molecule has 1 aromatic heterocycles. The lowest BCUT2D eigenvalue weighted by Crippen LogP contribution is -2.30. The monoisotopic (exact) mass is 397 g/mol. The largest absolute Gasteiger partial charge is 0.484 e. The van der Waals surface area contributed by atoms with Crippen molar-refractivity contribution in [1.29, 1.82) is 0 Å². The zero-order valence-electron chi connectivity index (χ0n) is 16.6. The van der Waals surface area contributed by atoms with Gasteiger partial charge in [0.1, 0.15) is 11.6 Å². The zero-order valence-corrected chi connectivity index (χ0v) is 16.6. The Hall–Kier alpha value is -3.22. The Morgan fingerprint density at radius 2 is 1.86 bits per heavy atom. The first-order valence-corrected chi connectivity index (χ1v) is 9.59. The van der Waals surface area contributed by atoms with Crippen LogP contribution in [-0.2, 0) is 17.8 Å². The zero-order chi connectivity index (χ0) is 20.6. The Balaban J connectivity index is 1.51. The number of rotatable bonds is 9. The third kappa shape index (κ3) is 5.88. The Bertz CT molecular complexity index is 923. The number of amides is 1. The Morgan fingerprint density at radius 1 is 1.14 bits per heavy atom. The molecule has 0 atom stereocenters. The molecule has 0 radical (unpaired) electrons. The first kappa shape index (κ1) is 20.5. The van der Waals surface area contributed by atoms with E-state index in [1.165, 1.54) is 12.1 Å². The van der Waals surface area contributed by atoms with E-state index >= 15 is 0 Å². The summed E-state index contributed by atoms with van der Waals surface area (Å²) in [4.78, 5) is 18.2. The minimum atomic E-state index is -0.299. The molecule has 2 aromatic carbocycles. The standard InChI is InChI=1S/C22H24FN3O3/c1-3-4-5-20-24-22(25-29-20)17-8-12-19(13-9-17)28-15-21(27)26(2)14-16-6-10-18(23)11-7-16/h6-13H,3-5,14-15H2,1-2H3. The second-order valence-electron chi connectivity index (χ2n) is 6.80. The molecule has 0 N–H and O–H groups in total. The minimum absolute atomic E-state index is 0.0829. The molecule has 0 unspecified atom stereocenters. The van der Waals surface area contributed by atoms with E-state index in [1.54, 1.807) is 36.2 Å². The first-order chi connectivity index (χ1) is 14.0. The van der Waals surface area contributed by atoms with Crippen molar-refractivity contribution < 1.29 is 18.4 Å². The molecule has 0 bridgehead atoms. The fraction of sp³-hybridized carbons (Fsp3) is 0.318. The maximum absolute atomic E-state index is 13.0. The summed E-state index contributed by atoms with van der Waals surface area (Å²) >= 11 is 0. The number of aryl methyl sites for hydroxylation is 1. The molecule has 3 aromatic rings. The van der Waals surface area contributed by atoms with Crippen molar-refractivity contribution in [2.45, 2.75) is 32.7 Å². The number of likely N-dealkylation sites (N-methyl/N-ethyl adjacent to an activating group) is 1. The highest BCUT2D eigenvalue weighted by Gasteiger charge is 2.12. The number of carbonyl (C=O) groups excluding carboxylic acids is 1. The van der Waals surface area contributed by atoms with Crippen molar-refractivity contribution in [3.63, 3.8) is 0 Å². The molecule has 0 saturated carbocycles. The smallest absolute Gasteiger partial charge is 0.260 e. The van der Waals surface area contributed by atoms with E-state index in [2.05, 4.69) is 17.1 Å². The van der Waals surface area contributed by atoms with Gasteiger partial charge in [0.25, 0.3) is 5.91 Å². The summed E-state index contributed by atoms with van der Waals surface area (Å²) in [7, 11) is 1.69. The average molecular weight is 397 g/mol. The highest BCUT2D eigenvalue weighted by Crippen LogP contribution is 2.20. The number of benzene rings is 2. The predicted molar refractivity (Wildman–Crippen MR) is 107 cm³/mol. The van der Waals surface area contributed by atoms with Crippen LogP contribution in [0.5, 0.6) is 5.75 Å². The summed E-state index contributed by atoms with van der Waals surface area (Å²) in [5.41, 5.74) is 1.67. The molecular weight excluding hydrogens is 373 g/mol. The summed E-state index contributed by atoms with van der Waals surface area (Å²) in [6, 6.07) is 13.3. The molecule has 3 rings (SSSR count). The molecule has 0 saturated heterocycles. The van der Waals surface area contributed by atoms with Gasteiger partial charge in [-0.15, -0.1) is 0 Å². The molecule has 1 heterocycles. The van der Waals surface area contributed by atoms with Gasteiger partial charge in [-0.3, -0.25) is 4.79 Å². The number of carbonyl (C=O) groups is 1. The summed E-state index contributed by atoms with van der Waals surface area (Å²) in [6.45, 7) is 2.42. The highest BCUT2D eigenvalue weighted by molar-refractivity contribution is 5.77. The molecule has 29 heavy (non-hydrogen) atoms. The van der Waals surface area contributed by atoms with E-state index in [-0.39, 0.29) is 18.3 Å². The van der Waals surface area contributed by atoms with Gasteiger partial charge < -0.3 is 14.2 Å². The topological polar surface area (TPSA) is 68.5 Å². The second-order valence-corrected chi connectivity index (χ2v) is 6.80. The summed E-state index contributed by atoms with van der Waals surface area (Å²) < 4.78 is 23.8. The van der Waals surface area contributed by atoms with Gasteiger partial charge in [-0.2, -0.15) is 4.98 Å². The van der Waals surface area contributed by atoms with Crippen LogP contribution in [0.2, 0.25) is 0 Å². The molecule has 0 aliphatic rings. The maximum atomic E-state index is 13.0. The average Bonchev–Trinajstić information content (AvgIpc) is 3.21. The number of aromatic nitrogens is 2. The van der Waals surface area contributed by atoms with Gasteiger partial charge in [-0.05, 0) is 48.4 Å². The van der Waals surface area contributed by atoms with Crippen molar-refractivity contribution in [2.75, 3.05) is 13.7 Å². The van der Waals surface area contributed by atoms with Crippen molar-refractivity contribution in [3.8, 4) is 17.1 Å². The number of ether oxygens (including phenoxy) is 1. The first-order valence-electron chi connectivity index (χ1n) is 9.59. The van der Waals surface area contributed by atoms with Crippen LogP contribution >= 0.6 is 0 Å². The van der Waals surface area contributed by atoms with Crippen LogP contribution in [0.4, 0.5) is 4.39 Å². The van der Waals surface area contributed by atoms with Gasteiger partial charge in [0, 0.05) is 25.6 Å². The van der Waals surface area contributed by atoms with Crippen molar-refractivity contribution in [2.24, 2.45) is 0 Å². The van der Waals surface area contributed by atoms with E-state index < -0.39 is 0 Å². The fourth-order valence-corrected chi connectivity index (χ4v) is 2.71. The lowest BCUT2D eigenvalue weighted by Gasteiger charge is -2.17. The molecule has 7 heteroatoms. The fourth-order valence-electron chi connectivity index (χ4n) is 2.71. The number of hydrogen-bond acceptors (Lipinski definition) is 5. The summed E-state index contributed by atoms with van der Waals surface area (Å²) in [5.74, 6) is 1.28. The number of unbranched alkanes of at least 4 members (excludes halogenated alkanes) is 1. The van der Waals surface area contributed by atoms with Crippen molar-refractivity contribution >= 4 is 5.91 Å². The van der Waals surface area contributed by atoms with Gasteiger partial charge in [0.15, 0.2) is 6.61 Å². The van der Waals surface area contributed by atoms with Gasteiger partial charge >= 0.3 is 0 Å². The van der Waals surface area contributed by atoms with E-state index in [9.17, 15) is 9.18 Å². The summed E-state index contributed by atoms with van der Waals surface area (Å²) in [6.07, 6.45) is 2.86. The lowest BCUT2D eigenvalue weighted by molar-refractivity contribution is -0.132. The minimum Gasteiger partial charge on any atom is -0.484 e. The highest BCUT2D eigenvalue weighted by atomic mass is 19.1. The van der Waals surface area contributed by atoms with Crippen molar-refractivity contribution in [1.82, 2.24) is 15.0 Å². The molecule has 152 valence electrons. The second kappa shape index (κ2) is 9.82. The van der Waals surface area contributed by atoms with Gasteiger partial charge in [-0.1, -0.05) is 30.6 Å². The number of hydrogen-bond donors (Lipinski definition) is 0. The van der Waals surface area contributed by atoms with Crippen LogP contribution in [-0.4, -0.2) is 34.6 Å². The molecule has 6 nitrogen and oxygen atoms in total. The third-order valence-electron chi connectivity index (χ3n) is 4.45. The Kier molecular flexibility index (Phi) is 6.94. The van der Waals surface area contributed by atoms with Crippen molar-refractivity contribution in [3.05, 3.63) is 65.8 Å². The van der Waals surface area contributed by atoms with E-state index in [0.717, 1.165) is 30.4 Å². The molecule has 0 aliphatic carbocycles.